The number of urea groups is 1. The van der Waals surface area contributed by atoms with Crippen molar-refractivity contribution in [2.75, 3.05) is 13.2 Å². The van der Waals surface area contributed by atoms with E-state index in [-0.39, 0.29) is 12.1 Å². The number of fused-ring (bicyclic) bond motifs is 1. The second kappa shape index (κ2) is 6.81. The van der Waals surface area contributed by atoms with Crippen molar-refractivity contribution in [2.24, 2.45) is 0 Å². The standard InChI is InChI=1S/C18H21N3O2S/c22-18(20-12-13-4-5-16-14(11-13)6-9-23-16)21-8-2-1-3-15(21)17-19-7-10-24-17/h4-5,7,10-11,15H,1-3,6,8-9,12H2,(H,20,22)/t15-/m0/s1. The van der Waals surface area contributed by atoms with Crippen LogP contribution in [0.4, 0.5) is 4.79 Å². The Balaban J connectivity index is 1.41. The predicted molar refractivity (Wildman–Crippen MR) is 93.3 cm³/mol. The summed E-state index contributed by atoms with van der Waals surface area (Å²) in [5.74, 6) is 0.977. The van der Waals surface area contributed by atoms with Crippen molar-refractivity contribution in [1.82, 2.24) is 15.2 Å². The first kappa shape index (κ1) is 15.4. The Morgan fingerprint density at radius 1 is 1.42 bits per heavy atom. The van der Waals surface area contributed by atoms with E-state index in [1.54, 1.807) is 11.3 Å². The van der Waals surface area contributed by atoms with Gasteiger partial charge in [0.25, 0.3) is 0 Å². The lowest BCUT2D eigenvalue weighted by molar-refractivity contribution is 0.151. The van der Waals surface area contributed by atoms with Crippen LogP contribution in [0.2, 0.25) is 0 Å². The van der Waals surface area contributed by atoms with Crippen molar-refractivity contribution < 1.29 is 9.53 Å². The number of benzene rings is 1. The molecule has 0 spiro atoms. The van der Waals surface area contributed by atoms with Crippen molar-refractivity contribution in [1.29, 1.82) is 0 Å². The van der Waals surface area contributed by atoms with Crippen molar-refractivity contribution in [2.45, 2.75) is 38.3 Å². The number of nitrogens with one attached hydrogen (secondary N) is 1. The first-order valence-corrected chi connectivity index (χ1v) is 9.38. The van der Waals surface area contributed by atoms with Crippen LogP contribution in [0.15, 0.2) is 29.8 Å². The summed E-state index contributed by atoms with van der Waals surface area (Å²) in [6.07, 6.45) is 5.98. The van der Waals surface area contributed by atoms with Crippen LogP contribution < -0.4 is 10.1 Å². The number of rotatable bonds is 3. The van der Waals surface area contributed by atoms with Crippen LogP contribution in [0.3, 0.4) is 0 Å². The van der Waals surface area contributed by atoms with Gasteiger partial charge in [0.15, 0.2) is 0 Å². The lowest BCUT2D eigenvalue weighted by Crippen LogP contribution is -2.44. The molecule has 1 saturated heterocycles. The van der Waals surface area contributed by atoms with Crippen LogP contribution in [0.25, 0.3) is 0 Å². The SMILES string of the molecule is O=C(NCc1ccc2c(c1)CCO2)N1CCCC[C@H]1c1nccs1. The molecule has 4 rings (SSSR count). The number of aromatic nitrogens is 1. The number of nitrogens with zero attached hydrogens (tertiary/aromatic N) is 2. The second-order valence-electron chi connectivity index (χ2n) is 6.27. The molecule has 0 aliphatic carbocycles. The summed E-state index contributed by atoms with van der Waals surface area (Å²) in [6.45, 7) is 2.11. The average molecular weight is 343 g/mol. The molecule has 1 N–H and O–H groups in total. The molecule has 1 aromatic carbocycles. The average Bonchev–Trinajstić information content (AvgIpc) is 3.30. The Bertz CT molecular complexity index is 717. The van der Waals surface area contributed by atoms with E-state index in [2.05, 4.69) is 16.4 Å². The Morgan fingerprint density at radius 3 is 3.25 bits per heavy atom. The molecule has 1 aromatic heterocycles. The van der Waals surface area contributed by atoms with Gasteiger partial charge in [0, 0.05) is 31.1 Å². The van der Waals surface area contributed by atoms with Crippen molar-refractivity contribution in [3.05, 3.63) is 45.9 Å². The molecule has 6 heteroatoms. The largest absolute Gasteiger partial charge is 0.493 e. The fourth-order valence-electron chi connectivity index (χ4n) is 3.46. The summed E-state index contributed by atoms with van der Waals surface area (Å²) in [5, 5.41) is 6.09. The summed E-state index contributed by atoms with van der Waals surface area (Å²) in [6, 6.07) is 6.29. The Labute approximate surface area is 145 Å². The Morgan fingerprint density at radius 2 is 2.38 bits per heavy atom. The van der Waals surface area contributed by atoms with Gasteiger partial charge in [0.2, 0.25) is 0 Å². The fourth-order valence-corrected chi connectivity index (χ4v) is 4.24. The highest BCUT2D eigenvalue weighted by molar-refractivity contribution is 7.09. The lowest BCUT2D eigenvalue weighted by Gasteiger charge is -2.34. The second-order valence-corrected chi connectivity index (χ2v) is 7.20. The fraction of sp³-hybridized carbons (Fsp3) is 0.444. The maximum absolute atomic E-state index is 12.7. The summed E-state index contributed by atoms with van der Waals surface area (Å²) in [5.41, 5.74) is 2.36. The van der Waals surface area contributed by atoms with Crippen molar-refractivity contribution in [3.63, 3.8) is 0 Å². The molecule has 0 saturated carbocycles. The monoisotopic (exact) mass is 343 g/mol. The molecule has 2 aliphatic rings. The minimum Gasteiger partial charge on any atom is -0.493 e. The van der Waals surface area contributed by atoms with Gasteiger partial charge in [-0.1, -0.05) is 12.1 Å². The van der Waals surface area contributed by atoms with Gasteiger partial charge in [-0.05, 0) is 36.5 Å². The first-order chi connectivity index (χ1) is 11.8. The minimum atomic E-state index is 0.00616. The van der Waals surface area contributed by atoms with Gasteiger partial charge in [-0.25, -0.2) is 9.78 Å². The highest BCUT2D eigenvalue weighted by Crippen LogP contribution is 2.32. The van der Waals surface area contributed by atoms with E-state index >= 15 is 0 Å². The maximum atomic E-state index is 12.7. The van der Waals surface area contributed by atoms with E-state index < -0.39 is 0 Å². The topological polar surface area (TPSA) is 54.5 Å². The number of hydrogen-bond acceptors (Lipinski definition) is 4. The summed E-state index contributed by atoms with van der Waals surface area (Å²) in [7, 11) is 0. The molecule has 0 unspecified atom stereocenters. The maximum Gasteiger partial charge on any atom is 0.318 e. The third kappa shape index (κ3) is 3.11. The third-order valence-corrected chi connectivity index (χ3v) is 5.57. The molecule has 24 heavy (non-hydrogen) atoms. The number of likely N-dealkylation sites (tertiary alicyclic amines) is 1. The van der Waals surface area contributed by atoms with Crippen LogP contribution in [-0.2, 0) is 13.0 Å². The van der Waals surface area contributed by atoms with Crippen molar-refractivity contribution >= 4 is 17.4 Å². The van der Waals surface area contributed by atoms with Crippen LogP contribution in [0.5, 0.6) is 5.75 Å². The van der Waals surface area contributed by atoms with Gasteiger partial charge in [0.1, 0.15) is 10.8 Å². The van der Waals surface area contributed by atoms with E-state index in [1.807, 2.05) is 28.6 Å². The summed E-state index contributed by atoms with van der Waals surface area (Å²) < 4.78 is 5.53. The van der Waals surface area contributed by atoms with E-state index in [4.69, 9.17) is 4.74 Å². The molecular formula is C18H21N3O2S. The molecule has 5 nitrogen and oxygen atoms in total. The van der Waals surface area contributed by atoms with Crippen LogP contribution >= 0.6 is 11.3 Å². The number of piperidine rings is 1. The van der Waals surface area contributed by atoms with E-state index in [0.717, 1.165) is 55.2 Å². The predicted octanol–water partition coefficient (Wildman–Crippen LogP) is 3.51. The normalized spacial score (nSPS) is 19.7. The number of hydrogen-bond donors (Lipinski definition) is 1. The quantitative estimate of drug-likeness (QED) is 0.928. The molecule has 0 bridgehead atoms. The molecule has 126 valence electrons. The van der Waals surface area contributed by atoms with E-state index in [9.17, 15) is 4.79 Å². The lowest BCUT2D eigenvalue weighted by atomic mass is 10.0. The Kier molecular flexibility index (Phi) is 4.38. The molecule has 2 amide bonds. The van der Waals surface area contributed by atoms with Crippen LogP contribution in [-0.4, -0.2) is 29.1 Å². The van der Waals surface area contributed by atoms with Gasteiger partial charge in [-0.2, -0.15) is 0 Å². The highest BCUT2D eigenvalue weighted by atomic mass is 32.1. The third-order valence-electron chi connectivity index (χ3n) is 4.70. The van der Waals surface area contributed by atoms with E-state index in [0.29, 0.717) is 6.54 Å². The van der Waals surface area contributed by atoms with Gasteiger partial charge in [-0.15, -0.1) is 11.3 Å². The highest BCUT2D eigenvalue weighted by Gasteiger charge is 2.29. The zero-order valence-corrected chi connectivity index (χ0v) is 14.3. The summed E-state index contributed by atoms with van der Waals surface area (Å²) >= 11 is 1.63. The molecule has 2 aromatic rings. The van der Waals surface area contributed by atoms with Gasteiger partial charge < -0.3 is 15.0 Å². The van der Waals surface area contributed by atoms with Crippen LogP contribution in [0.1, 0.15) is 41.4 Å². The molecule has 0 radical (unpaired) electrons. The van der Waals surface area contributed by atoms with Gasteiger partial charge in [0.05, 0.1) is 12.6 Å². The zero-order chi connectivity index (χ0) is 16.4. The number of amides is 2. The number of ether oxygens (including phenoxy) is 1. The number of carbonyl (C=O) groups excluding carboxylic acids is 1. The number of thiazole rings is 1. The molecule has 1 atom stereocenters. The van der Waals surface area contributed by atoms with Crippen molar-refractivity contribution in [3.8, 4) is 5.75 Å². The van der Waals surface area contributed by atoms with Gasteiger partial charge >= 0.3 is 6.03 Å². The molecular weight excluding hydrogens is 322 g/mol. The zero-order valence-electron chi connectivity index (χ0n) is 13.5. The van der Waals surface area contributed by atoms with Gasteiger partial charge in [-0.3, -0.25) is 0 Å². The molecule has 2 aliphatic heterocycles. The Hall–Kier alpha value is -2.08. The minimum absolute atomic E-state index is 0.00616. The first-order valence-electron chi connectivity index (χ1n) is 8.50. The molecule has 3 heterocycles. The number of carbonyl (C=O) groups is 1. The smallest absolute Gasteiger partial charge is 0.318 e. The van der Waals surface area contributed by atoms with E-state index in [1.165, 1.54) is 5.56 Å². The molecule has 1 fully saturated rings. The summed E-state index contributed by atoms with van der Waals surface area (Å²) in [4.78, 5) is 19.0. The van der Waals surface area contributed by atoms with Crippen LogP contribution in [0, 0.1) is 0 Å².